The molecule has 0 aliphatic carbocycles. The van der Waals surface area contributed by atoms with Gasteiger partial charge in [-0.3, -0.25) is 0 Å². The van der Waals surface area contributed by atoms with Gasteiger partial charge in [-0.05, 0) is 31.2 Å². The Morgan fingerprint density at radius 1 is 0.960 bits per heavy atom. The molecular formula is C21H21NO2S. The van der Waals surface area contributed by atoms with Crippen LogP contribution in [0.4, 0.5) is 0 Å². The van der Waals surface area contributed by atoms with E-state index >= 15 is 0 Å². The molecule has 128 valence electrons. The summed E-state index contributed by atoms with van der Waals surface area (Å²) in [4.78, 5) is 0.274. The van der Waals surface area contributed by atoms with E-state index < -0.39 is 10.0 Å². The summed E-state index contributed by atoms with van der Waals surface area (Å²) < 4.78 is 27.1. The molecule has 2 aromatic rings. The predicted octanol–water partition coefficient (Wildman–Crippen LogP) is 3.86. The van der Waals surface area contributed by atoms with Crippen molar-refractivity contribution < 1.29 is 8.42 Å². The zero-order valence-electron chi connectivity index (χ0n) is 14.2. The number of rotatable bonds is 6. The maximum absolute atomic E-state index is 12.8. The first kappa shape index (κ1) is 18.7. The minimum atomic E-state index is -3.59. The van der Waals surface area contributed by atoms with Crippen LogP contribution in [-0.4, -0.2) is 25.8 Å². The van der Waals surface area contributed by atoms with Crippen LogP contribution in [-0.2, 0) is 10.0 Å². The number of hydrogen-bond acceptors (Lipinski definition) is 2. The molecule has 0 atom stereocenters. The molecule has 25 heavy (non-hydrogen) atoms. The summed E-state index contributed by atoms with van der Waals surface area (Å²) in [5.41, 5.74) is 0.865. The van der Waals surface area contributed by atoms with Crippen LogP contribution < -0.4 is 0 Å². The lowest BCUT2D eigenvalue weighted by atomic mass is 10.2. The summed E-state index contributed by atoms with van der Waals surface area (Å²) in [6.45, 7) is 2.31. The molecule has 0 spiro atoms. The molecule has 4 heteroatoms. The van der Waals surface area contributed by atoms with Crippen molar-refractivity contribution in [3.8, 4) is 11.8 Å². The highest BCUT2D eigenvalue weighted by Gasteiger charge is 2.22. The van der Waals surface area contributed by atoms with Gasteiger partial charge in [0.25, 0.3) is 0 Å². The van der Waals surface area contributed by atoms with E-state index in [1.807, 2.05) is 61.6 Å². The van der Waals surface area contributed by atoms with Gasteiger partial charge in [0.2, 0.25) is 10.0 Å². The molecule has 0 aromatic heterocycles. The highest BCUT2D eigenvalue weighted by molar-refractivity contribution is 7.89. The van der Waals surface area contributed by atoms with Gasteiger partial charge in [-0.1, -0.05) is 72.5 Å². The lowest BCUT2D eigenvalue weighted by molar-refractivity contribution is 0.478. The molecule has 0 amide bonds. The number of allylic oxidation sites excluding steroid dienone is 3. The first-order chi connectivity index (χ1) is 12.1. The third kappa shape index (κ3) is 5.75. The molecule has 0 bridgehead atoms. The van der Waals surface area contributed by atoms with Crippen LogP contribution in [0.25, 0.3) is 0 Å². The van der Waals surface area contributed by atoms with Crippen molar-refractivity contribution in [2.24, 2.45) is 0 Å². The zero-order chi connectivity index (χ0) is 18.0. The molecule has 0 unspecified atom stereocenters. The van der Waals surface area contributed by atoms with E-state index in [1.165, 1.54) is 4.31 Å². The summed E-state index contributed by atoms with van der Waals surface area (Å²) in [5.74, 6) is 5.97. The van der Waals surface area contributed by atoms with Gasteiger partial charge >= 0.3 is 0 Å². The Labute approximate surface area is 150 Å². The van der Waals surface area contributed by atoms with Crippen LogP contribution in [0, 0.1) is 11.8 Å². The fourth-order valence-electron chi connectivity index (χ4n) is 2.11. The van der Waals surface area contributed by atoms with Gasteiger partial charge in [-0.2, -0.15) is 4.31 Å². The van der Waals surface area contributed by atoms with Crippen molar-refractivity contribution in [1.82, 2.24) is 4.31 Å². The minimum Gasteiger partial charge on any atom is -0.207 e. The maximum Gasteiger partial charge on any atom is 0.244 e. The first-order valence-corrected chi connectivity index (χ1v) is 9.45. The Morgan fingerprint density at radius 3 is 2.24 bits per heavy atom. The fraction of sp³-hybridized carbons (Fsp3) is 0.143. The molecule has 0 fully saturated rings. The average Bonchev–Trinajstić information content (AvgIpc) is 2.65. The van der Waals surface area contributed by atoms with E-state index in [0.29, 0.717) is 0 Å². The van der Waals surface area contributed by atoms with Crippen LogP contribution in [0.3, 0.4) is 0 Å². The monoisotopic (exact) mass is 351 g/mol. The molecule has 0 aliphatic rings. The van der Waals surface area contributed by atoms with Crippen molar-refractivity contribution >= 4 is 10.0 Å². The van der Waals surface area contributed by atoms with Gasteiger partial charge in [0.15, 0.2) is 0 Å². The molecule has 0 N–H and O–H groups in total. The van der Waals surface area contributed by atoms with E-state index in [4.69, 9.17) is 0 Å². The summed E-state index contributed by atoms with van der Waals surface area (Å²) in [7, 11) is -3.59. The third-order valence-electron chi connectivity index (χ3n) is 3.39. The third-order valence-corrected chi connectivity index (χ3v) is 5.22. The largest absolute Gasteiger partial charge is 0.244 e. The second-order valence-corrected chi connectivity index (χ2v) is 7.17. The quantitative estimate of drug-likeness (QED) is 0.585. The van der Waals surface area contributed by atoms with Gasteiger partial charge in [0.05, 0.1) is 11.4 Å². The summed E-state index contributed by atoms with van der Waals surface area (Å²) in [6, 6.07) is 18.0. The Morgan fingerprint density at radius 2 is 1.60 bits per heavy atom. The first-order valence-electron chi connectivity index (χ1n) is 8.01. The molecule has 0 heterocycles. The van der Waals surface area contributed by atoms with Crippen LogP contribution in [0.2, 0.25) is 0 Å². The Hall–Kier alpha value is -2.61. The van der Waals surface area contributed by atoms with Gasteiger partial charge < -0.3 is 0 Å². The van der Waals surface area contributed by atoms with Crippen molar-refractivity contribution in [3.63, 3.8) is 0 Å². The molecule has 0 saturated heterocycles. The SMILES string of the molecule is C/C=C/C=C/CN(CC#Cc1ccccc1)S(=O)(=O)c1ccccc1. The Kier molecular flexibility index (Phi) is 7.21. The normalized spacial score (nSPS) is 11.8. The highest BCUT2D eigenvalue weighted by atomic mass is 32.2. The van der Waals surface area contributed by atoms with Crippen LogP contribution in [0.1, 0.15) is 12.5 Å². The Bertz CT molecular complexity index is 874. The summed E-state index contributed by atoms with van der Waals surface area (Å²) in [5, 5.41) is 0. The van der Waals surface area contributed by atoms with Crippen molar-refractivity contribution in [3.05, 3.63) is 90.5 Å². The summed E-state index contributed by atoms with van der Waals surface area (Å²) in [6.07, 6.45) is 7.40. The fourth-order valence-corrected chi connectivity index (χ4v) is 3.42. The number of benzene rings is 2. The maximum atomic E-state index is 12.8. The smallest absolute Gasteiger partial charge is 0.207 e. The van der Waals surface area contributed by atoms with Crippen LogP contribution in [0.15, 0.2) is 89.9 Å². The molecule has 2 aromatic carbocycles. The summed E-state index contributed by atoms with van der Waals surface area (Å²) >= 11 is 0. The number of hydrogen-bond donors (Lipinski definition) is 0. The van der Waals surface area contributed by atoms with Gasteiger partial charge in [-0.25, -0.2) is 8.42 Å². The topological polar surface area (TPSA) is 37.4 Å². The molecule has 3 nitrogen and oxygen atoms in total. The van der Waals surface area contributed by atoms with Crippen molar-refractivity contribution in [2.75, 3.05) is 13.1 Å². The molecule has 0 saturated carbocycles. The van der Waals surface area contributed by atoms with Gasteiger partial charge in [0, 0.05) is 12.1 Å². The van der Waals surface area contributed by atoms with Gasteiger partial charge in [0.1, 0.15) is 0 Å². The lowest BCUT2D eigenvalue weighted by Crippen LogP contribution is -2.31. The Balaban J connectivity index is 2.22. The van der Waals surface area contributed by atoms with Crippen molar-refractivity contribution in [2.45, 2.75) is 11.8 Å². The standard InChI is InChI=1S/C21H21NO2S/c1-2-3-4-11-18-22(19-12-15-20-13-7-5-8-14-20)25(23,24)21-16-9-6-10-17-21/h2-11,13-14,16-17H,18-19H2,1H3/b3-2+,11-4+. The highest BCUT2D eigenvalue weighted by Crippen LogP contribution is 2.14. The van der Waals surface area contributed by atoms with Crippen LogP contribution in [0.5, 0.6) is 0 Å². The van der Waals surface area contributed by atoms with E-state index in [2.05, 4.69) is 11.8 Å². The second kappa shape index (κ2) is 9.63. The zero-order valence-corrected chi connectivity index (χ0v) is 15.0. The molecular weight excluding hydrogens is 330 g/mol. The van der Waals surface area contributed by atoms with E-state index in [0.717, 1.165) is 5.56 Å². The predicted molar refractivity (Wildman–Crippen MR) is 102 cm³/mol. The van der Waals surface area contributed by atoms with E-state index in [9.17, 15) is 8.42 Å². The average molecular weight is 351 g/mol. The number of sulfonamides is 1. The van der Waals surface area contributed by atoms with E-state index in [1.54, 1.807) is 30.3 Å². The molecule has 0 radical (unpaired) electrons. The van der Waals surface area contributed by atoms with Gasteiger partial charge in [-0.15, -0.1) is 0 Å². The van der Waals surface area contributed by atoms with Crippen molar-refractivity contribution in [1.29, 1.82) is 0 Å². The minimum absolute atomic E-state index is 0.131. The van der Waals surface area contributed by atoms with E-state index in [-0.39, 0.29) is 18.0 Å². The number of nitrogens with zero attached hydrogens (tertiary/aromatic N) is 1. The molecule has 0 aliphatic heterocycles. The lowest BCUT2D eigenvalue weighted by Gasteiger charge is -2.18. The molecule has 2 rings (SSSR count). The van der Waals surface area contributed by atoms with Crippen LogP contribution >= 0.6 is 0 Å². The second-order valence-electron chi connectivity index (χ2n) is 5.23.